The highest BCUT2D eigenvalue weighted by molar-refractivity contribution is 4.57. The summed E-state index contributed by atoms with van der Waals surface area (Å²) >= 11 is 0. The van der Waals surface area contributed by atoms with Crippen LogP contribution >= 0.6 is 0 Å². The van der Waals surface area contributed by atoms with Crippen molar-refractivity contribution in [1.29, 1.82) is 0 Å². The van der Waals surface area contributed by atoms with E-state index in [-0.39, 0.29) is 0 Å². The van der Waals surface area contributed by atoms with Gasteiger partial charge in [-0.2, -0.15) is 0 Å². The molecule has 1 heterocycles. The van der Waals surface area contributed by atoms with E-state index in [1.807, 2.05) is 27.7 Å². The number of likely N-dealkylation sites (N-methyl/N-ethyl adjacent to an activating group) is 1. The normalized spacial score (nSPS) is 14.2. The van der Waals surface area contributed by atoms with E-state index in [1.54, 1.807) is 0 Å². The van der Waals surface area contributed by atoms with Gasteiger partial charge in [-0.15, -0.1) is 0 Å². The molecule has 114 valence electrons. The summed E-state index contributed by atoms with van der Waals surface area (Å²) in [6, 6.07) is 0. The molecule has 1 rings (SSSR count). The van der Waals surface area contributed by atoms with Crippen molar-refractivity contribution in [2.45, 2.75) is 54.9 Å². The van der Waals surface area contributed by atoms with Crippen molar-refractivity contribution >= 4 is 0 Å². The smallest absolute Gasteiger partial charge is 0.0594 e. The summed E-state index contributed by atoms with van der Waals surface area (Å²) in [6.07, 6.45) is 1.24. The molecule has 0 amide bonds. The first-order chi connectivity index (χ1) is 8.85. The van der Waals surface area contributed by atoms with E-state index in [0.717, 1.165) is 39.4 Å². The third-order valence-corrected chi connectivity index (χ3v) is 2.23. The third kappa shape index (κ3) is 21.2. The van der Waals surface area contributed by atoms with Gasteiger partial charge in [0, 0.05) is 13.1 Å². The van der Waals surface area contributed by atoms with Crippen molar-refractivity contribution in [3.8, 4) is 0 Å². The minimum Gasteiger partial charge on any atom is -0.379 e. The molecule has 0 aromatic rings. The SMILES string of the molecule is CC.CC.CCCNCC.CCN1CCOCC1. The first kappa shape index (κ1) is 23.0. The zero-order valence-electron chi connectivity index (χ0n) is 14.0. The predicted molar refractivity (Wildman–Crippen MR) is 84.5 cm³/mol. The average Bonchev–Trinajstić information content (AvgIpc) is 2.50. The molecule has 1 aliphatic rings. The van der Waals surface area contributed by atoms with Crippen LogP contribution in [0.3, 0.4) is 0 Å². The van der Waals surface area contributed by atoms with Gasteiger partial charge in [-0.1, -0.05) is 48.5 Å². The van der Waals surface area contributed by atoms with Gasteiger partial charge in [0.25, 0.3) is 0 Å². The van der Waals surface area contributed by atoms with Gasteiger partial charge >= 0.3 is 0 Å². The molecular formula is C15H38N2O. The second-order valence-corrected chi connectivity index (χ2v) is 3.40. The Balaban J connectivity index is -0.000000201. The molecule has 1 aliphatic heterocycles. The summed E-state index contributed by atoms with van der Waals surface area (Å²) in [7, 11) is 0. The summed E-state index contributed by atoms with van der Waals surface area (Å²) in [4.78, 5) is 2.39. The Bertz CT molecular complexity index is 101. The number of nitrogens with zero attached hydrogens (tertiary/aromatic N) is 1. The van der Waals surface area contributed by atoms with Crippen molar-refractivity contribution in [2.24, 2.45) is 0 Å². The molecule has 3 heteroatoms. The molecule has 0 unspecified atom stereocenters. The average molecular weight is 262 g/mol. The molecule has 3 nitrogen and oxygen atoms in total. The van der Waals surface area contributed by atoms with Crippen molar-refractivity contribution < 1.29 is 4.74 Å². The summed E-state index contributed by atoms with van der Waals surface area (Å²) in [6.45, 7) is 22.0. The van der Waals surface area contributed by atoms with Crippen LogP contribution < -0.4 is 5.32 Å². The summed E-state index contributed by atoms with van der Waals surface area (Å²) in [5.41, 5.74) is 0. The van der Waals surface area contributed by atoms with E-state index in [0.29, 0.717) is 0 Å². The van der Waals surface area contributed by atoms with E-state index >= 15 is 0 Å². The second-order valence-electron chi connectivity index (χ2n) is 3.40. The van der Waals surface area contributed by atoms with Crippen LogP contribution in [0.2, 0.25) is 0 Å². The molecule has 0 aromatic heterocycles. The maximum Gasteiger partial charge on any atom is 0.0594 e. The van der Waals surface area contributed by atoms with Crippen molar-refractivity contribution in [1.82, 2.24) is 10.2 Å². The molecule has 0 bridgehead atoms. The van der Waals surface area contributed by atoms with Gasteiger partial charge in [-0.25, -0.2) is 0 Å². The van der Waals surface area contributed by atoms with E-state index in [9.17, 15) is 0 Å². The molecule has 1 N–H and O–H groups in total. The van der Waals surface area contributed by atoms with Gasteiger partial charge in [-0.05, 0) is 26.1 Å². The van der Waals surface area contributed by atoms with E-state index in [4.69, 9.17) is 4.74 Å². The van der Waals surface area contributed by atoms with Crippen molar-refractivity contribution in [3.63, 3.8) is 0 Å². The fraction of sp³-hybridized carbons (Fsp3) is 1.00. The highest BCUT2D eigenvalue weighted by Crippen LogP contribution is 1.93. The maximum absolute atomic E-state index is 5.16. The molecule has 1 fully saturated rings. The number of nitrogens with one attached hydrogen (secondary N) is 1. The van der Waals surface area contributed by atoms with E-state index in [2.05, 4.69) is 31.0 Å². The summed E-state index contributed by atoms with van der Waals surface area (Å²) < 4.78 is 5.16. The number of hydrogen-bond acceptors (Lipinski definition) is 3. The molecule has 0 aliphatic carbocycles. The fourth-order valence-corrected chi connectivity index (χ4v) is 1.27. The second kappa shape index (κ2) is 25.7. The van der Waals surface area contributed by atoms with Gasteiger partial charge in [0.1, 0.15) is 0 Å². The van der Waals surface area contributed by atoms with Gasteiger partial charge < -0.3 is 10.1 Å². The lowest BCUT2D eigenvalue weighted by molar-refractivity contribution is 0.0405. The Morgan fingerprint density at radius 2 is 1.44 bits per heavy atom. The van der Waals surface area contributed by atoms with Gasteiger partial charge in [0.2, 0.25) is 0 Å². The van der Waals surface area contributed by atoms with Gasteiger partial charge in [-0.3, -0.25) is 4.90 Å². The lowest BCUT2D eigenvalue weighted by Gasteiger charge is -2.24. The van der Waals surface area contributed by atoms with Crippen LogP contribution in [-0.2, 0) is 4.74 Å². The van der Waals surface area contributed by atoms with Crippen LogP contribution in [-0.4, -0.2) is 50.8 Å². The topological polar surface area (TPSA) is 24.5 Å². The molecule has 0 atom stereocenters. The van der Waals surface area contributed by atoms with Crippen LogP contribution in [0.5, 0.6) is 0 Å². The van der Waals surface area contributed by atoms with E-state index in [1.165, 1.54) is 13.0 Å². The fourth-order valence-electron chi connectivity index (χ4n) is 1.27. The largest absolute Gasteiger partial charge is 0.379 e. The number of hydrogen-bond donors (Lipinski definition) is 1. The Kier molecular flexibility index (Phi) is 32.8. The minimum absolute atomic E-state index is 0.924. The van der Waals surface area contributed by atoms with Crippen molar-refractivity contribution in [3.05, 3.63) is 0 Å². The lowest BCUT2D eigenvalue weighted by Crippen LogP contribution is -2.35. The maximum atomic E-state index is 5.16. The standard InChI is InChI=1S/C6H13NO.C5H13N.2C2H6/c1-2-7-3-5-8-6-4-7;1-3-5-6-4-2;2*1-2/h2-6H2,1H3;6H,3-5H2,1-2H3;2*1-2H3. The Hall–Kier alpha value is -0.120. The Morgan fingerprint density at radius 1 is 0.944 bits per heavy atom. The number of ether oxygens (including phenoxy) is 1. The van der Waals surface area contributed by atoms with Gasteiger partial charge in [0.05, 0.1) is 13.2 Å². The van der Waals surface area contributed by atoms with Crippen LogP contribution in [0.25, 0.3) is 0 Å². The quantitative estimate of drug-likeness (QED) is 0.786. The number of morpholine rings is 1. The van der Waals surface area contributed by atoms with Crippen LogP contribution in [0, 0.1) is 0 Å². The van der Waals surface area contributed by atoms with Crippen LogP contribution in [0.1, 0.15) is 54.9 Å². The van der Waals surface area contributed by atoms with Crippen LogP contribution in [0.4, 0.5) is 0 Å². The lowest BCUT2D eigenvalue weighted by atomic mass is 10.4. The first-order valence-corrected chi connectivity index (χ1v) is 7.85. The molecule has 0 radical (unpaired) electrons. The highest BCUT2D eigenvalue weighted by Gasteiger charge is 2.05. The molecule has 18 heavy (non-hydrogen) atoms. The first-order valence-electron chi connectivity index (χ1n) is 7.85. The summed E-state index contributed by atoms with van der Waals surface area (Å²) in [5, 5.41) is 3.20. The predicted octanol–water partition coefficient (Wildman–Crippen LogP) is 3.40. The molecule has 1 saturated heterocycles. The zero-order chi connectivity index (χ0) is 14.6. The van der Waals surface area contributed by atoms with E-state index < -0.39 is 0 Å². The molecule has 0 spiro atoms. The zero-order valence-corrected chi connectivity index (χ0v) is 14.0. The van der Waals surface area contributed by atoms with Crippen molar-refractivity contribution in [2.75, 3.05) is 45.9 Å². The molecule has 0 aromatic carbocycles. The molecule has 0 saturated carbocycles. The minimum atomic E-state index is 0.924. The highest BCUT2D eigenvalue weighted by atomic mass is 16.5. The Labute approximate surface area is 116 Å². The molecular weight excluding hydrogens is 224 g/mol. The summed E-state index contributed by atoms with van der Waals surface area (Å²) in [5.74, 6) is 0. The Morgan fingerprint density at radius 3 is 1.67 bits per heavy atom. The monoisotopic (exact) mass is 262 g/mol. The van der Waals surface area contributed by atoms with Gasteiger partial charge in [0.15, 0.2) is 0 Å². The number of rotatable bonds is 4. The van der Waals surface area contributed by atoms with Crippen LogP contribution in [0.15, 0.2) is 0 Å². The third-order valence-electron chi connectivity index (χ3n) is 2.23.